The first kappa shape index (κ1) is 25.1. The molecule has 0 heterocycles. The van der Waals surface area contributed by atoms with Crippen molar-refractivity contribution in [2.75, 3.05) is 4.90 Å². The van der Waals surface area contributed by atoms with Gasteiger partial charge >= 0.3 is 0 Å². The van der Waals surface area contributed by atoms with Crippen molar-refractivity contribution in [2.24, 2.45) is 0 Å². The molecule has 202 valence electrons. The Kier molecular flexibility index (Phi) is 5.84. The highest BCUT2D eigenvalue weighted by Crippen LogP contribution is 2.55. The summed E-state index contributed by atoms with van der Waals surface area (Å²) in [7, 11) is 0. The molecule has 0 unspecified atom stereocenters. The summed E-state index contributed by atoms with van der Waals surface area (Å²) in [5, 5.41) is 7.49. The Hall–Kier alpha value is -5.66. The minimum Gasteiger partial charge on any atom is -0.309 e. The second-order valence-corrected chi connectivity index (χ2v) is 11.0. The Morgan fingerprint density at radius 3 is 1.88 bits per heavy atom. The largest absolute Gasteiger partial charge is 0.309 e. The lowest BCUT2D eigenvalue weighted by molar-refractivity contribution is 1.23. The maximum absolute atomic E-state index is 4.23. The third kappa shape index (κ3) is 3.86. The van der Waals surface area contributed by atoms with Crippen LogP contribution in [-0.2, 0) is 0 Å². The van der Waals surface area contributed by atoms with E-state index in [9.17, 15) is 0 Å². The third-order valence-electron chi connectivity index (χ3n) is 8.68. The Bertz CT molecular complexity index is 2250. The Balaban J connectivity index is 1.45. The molecular formula is C42H29N. The Morgan fingerprint density at radius 1 is 0.535 bits per heavy atom. The van der Waals surface area contributed by atoms with Crippen molar-refractivity contribution in [2.45, 2.75) is 0 Å². The smallest absolute Gasteiger partial charge is 0.0619 e. The van der Waals surface area contributed by atoms with Crippen LogP contribution in [0.5, 0.6) is 0 Å². The highest BCUT2D eigenvalue weighted by molar-refractivity contribution is 6.30. The molecule has 0 amide bonds. The predicted molar refractivity (Wildman–Crippen MR) is 186 cm³/mol. The van der Waals surface area contributed by atoms with Crippen molar-refractivity contribution in [3.63, 3.8) is 0 Å². The van der Waals surface area contributed by atoms with Crippen LogP contribution in [0.15, 0.2) is 171 Å². The van der Waals surface area contributed by atoms with E-state index in [2.05, 4.69) is 152 Å². The summed E-state index contributed by atoms with van der Waals surface area (Å²) in [6, 6.07) is 48.3. The van der Waals surface area contributed by atoms with Gasteiger partial charge in [-0.25, -0.2) is 0 Å². The molecule has 1 nitrogen and oxygen atoms in total. The fraction of sp³-hybridized carbons (Fsp3) is 0. The van der Waals surface area contributed by atoms with Gasteiger partial charge in [-0.15, -0.1) is 0 Å². The van der Waals surface area contributed by atoms with E-state index in [-0.39, 0.29) is 0 Å². The molecule has 0 N–H and O–H groups in total. The van der Waals surface area contributed by atoms with E-state index in [0.717, 1.165) is 17.1 Å². The molecule has 0 atom stereocenters. The molecule has 8 rings (SSSR count). The molecule has 1 aliphatic carbocycles. The van der Waals surface area contributed by atoms with Gasteiger partial charge in [0.15, 0.2) is 0 Å². The molecule has 0 radical (unpaired) electrons. The number of hydrogen-bond donors (Lipinski definition) is 0. The highest BCUT2D eigenvalue weighted by atomic mass is 15.1. The van der Waals surface area contributed by atoms with E-state index in [0.29, 0.717) is 0 Å². The first-order valence-electron chi connectivity index (χ1n) is 14.7. The monoisotopic (exact) mass is 547 g/mol. The molecule has 7 aromatic rings. The number of allylic oxidation sites excluding steroid dienone is 3. The van der Waals surface area contributed by atoms with Crippen LogP contribution in [0.4, 0.5) is 11.4 Å². The molecule has 43 heavy (non-hydrogen) atoms. The van der Waals surface area contributed by atoms with E-state index in [1.54, 1.807) is 0 Å². The lowest BCUT2D eigenvalue weighted by Gasteiger charge is -2.30. The molecule has 0 aliphatic heterocycles. The van der Waals surface area contributed by atoms with Crippen molar-refractivity contribution < 1.29 is 0 Å². The van der Waals surface area contributed by atoms with Crippen LogP contribution in [-0.4, -0.2) is 0 Å². The molecule has 0 saturated heterocycles. The SMILES string of the molecule is C=C/C=C(\C=C)N(c1ccc(-c2ccccc2)cc1)c1c2ccccc2c2c3c(cccc13)-c1cc3ccccc3cc1-2. The van der Waals surface area contributed by atoms with Crippen molar-refractivity contribution in [1.82, 2.24) is 0 Å². The molecule has 0 fully saturated rings. The molecule has 0 saturated carbocycles. The number of fused-ring (bicyclic) bond motifs is 6. The van der Waals surface area contributed by atoms with Gasteiger partial charge in [-0.1, -0.05) is 128 Å². The van der Waals surface area contributed by atoms with Crippen LogP contribution in [0.1, 0.15) is 0 Å². The summed E-state index contributed by atoms with van der Waals surface area (Å²) >= 11 is 0. The molecule has 1 heteroatoms. The van der Waals surface area contributed by atoms with Crippen LogP contribution in [0.3, 0.4) is 0 Å². The Morgan fingerprint density at radius 2 is 1.16 bits per heavy atom. The fourth-order valence-corrected chi connectivity index (χ4v) is 6.82. The summed E-state index contributed by atoms with van der Waals surface area (Å²) < 4.78 is 0. The number of anilines is 2. The van der Waals surface area contributed by atoms with Crippen molar-refractivity contribution in [3.05, 3.63) is 171 Å². The van der Waals surface area contributed by atoms with Gasteiger partial charge < -0.3 is 4.90 Å². The van der Waals surface area contributed by atoms with Crippen molar-refractivity contribution >= 4 is 43.7 Å². The molecule has 0 spiro atoms. The number of nitrogens with zero attached hydrogens (tertiary/aromatic N) is 1. The van der Waals surface area contributed by atoms with E-state index in [1.165, 1.54) is 65.7 Å². The van der Waals surface area contributed by atoms with Gasteiger partial charge in [0, 0.05) is 27.5 Å². The summed E-state index contributed by atoms with van der Waals surface area (Å²) in [5.74, 6) is 0. The standard InChI is InChI=1S/C42H29N/c1-3-13-32(4-2)43(33-24-22-29(23-25-33)28-14-6-5-7-15-28)42-36-19-11-10-18-34(36)41-39-27-31-17-9-8-16-30(31)26-38(39)35-20-12-21-37(42)40(35)41/h3-27H,1-2H2/b32-13+. The van der Waals surface area contributed by atoms with Crippen molar-refractivity contribution in [3.8, 4) is 33.4 Å². The topological polar surface area (TPSA) is 3.24 Å². The van der Waals surface area contributed by atoms with E-state index >= 15 is 0 Å². The first-order valence-corrected chi connectivity index (χ1v) is 14.7. The highest BCUT2D eigenvalue weighted by Gasteiger charge is 2.29. The zero-order chi connectivity index (χ0) is 28.9. The van der Waals surface area contributed by atoms with E-state index < -0.39 is 0 Å². The van der Waals surface area contributed by atoms with Crippen LogP contribution in [0.25, 0.3) is 65.7 Å². The Labute approximate surface area is 252 Å². The van der Waals surface area contributed by atoms with Gasteiger partial charge in [-0.2, -0.15) is 0 Å². The number of benzene rings is 7. The van der Waals surface area contributed by atoms with Crippen LogP contribution in [0.2, 0.25) is 0 Å². The second-order valence-electron chi connectivity index (χ2n) is 11.0. The average Bonchev–Trinajstić information content (AvgIpc) is 3.39. The number of hydrogen-bond acceptors (Lipinski definition) is 1. The summed E-state index contributed by atoms with van der Waals surface area (Å²) in [4.78, 5) is 2.34. The first-order chi connectivity index (χ1) is 21.3. The second kappa shape index (κ2) is 10.0. The maximum Gasteiger partial charge on any atom is 0.0619 e. The molecule has 0 aromatic heterocycles. The van der Waals surface area contributed by atoms with Crippen LogP contribution < -0.4 is 4.90 Å². The summed E-state index contributed by atoms with van der Waals surface area (Å²) in [5.41, 5.74) is 10.8. The minimum absolute atomic E-state index is 0.967. The van der Waals surface area contributed by atoms with Gasteiger partial charge in [-0.05, 0) is 86.0 Å². The summed E-state index contributed by atoms with van der Waals surface area (Å²) in [6.07, 6.45) is 5.80. The average molecular weight is 548 g/mol. The maximum atomic E-state index is 4.23. The van der Waals surface area contributed by atoms with Crippen LogP contribution >= 0.6 is 0 Å². The van der Waals surface area contributed by atoms with Gasteiger partial charge in [0.05, 0.1) is 5.69 Å². The minimum atomic E-state index is 0.967. The number of rotatable bonds is 6. The predicted octanol–water partition coefficient (Wildman–Crippen LogP) is 11.9. The lowest BCUT2D eigenvalue weighted by Crippen LogP contribution is -2.16. The molecule has 1 aliphatic rings. The summed E-state index contributed by atoms with van der Waals surface area (Å²) in [6.45, 7) is 8.27. The zero-order valence-electron chi connectivity index (χ0n) is 23.8. The molecule has 7 aromatic carbocycles. The van der Waals surface area contributed by atoms with Gasteiger partial charge in [0.2, 0.25) is 0 Å². The van der Waals surface area contributed by atoms with Crippen molar-refractivity contribution in [1.29, 1.82) is 0 Å². The third-order valence-corrected chi connectivity index (χ3v) is 8.68. The van der Waals surface area contributed by atoms with Crippen LogP contribution in [0, 0.1) is 0 Å². The fourth-order valence-electron chi connectivity index (χ4n) is 6.82. The van der Waals surface area contributed by atoms with Gasteiger partial charge in [0.25, 0.3) is 0 Å². The molecular weight excluding hydrogens is 518 g/mol. The quantitative estimate of drug-likeness (QED) is 0.148. The zero-order valence-corrected chi connectivity index (χ0v) is 23.8. The lowest BCUT2D eigenvalue weighted by atomic mass is 9.92. The normalized spacial score (nSPS) is 12.0. The van der Waals surface area contributed by atoms with Gasteiger partial charge in [-0.3, -0.25) is 0 Å². The van der Waals surface area contributed by atoms with E-state index in [4.69, 9.17) is 0 Å². The van der Waals surface area contributed by atoms with E-state index in [1.807, 2.05) is 18.2 Å². The molecule has 0 bridgehead atoms. The van der Waals surface area contributed by atoms with Gasteiger partial charge in [0.1, 0.15) is 0 Å².